The third-order valence-corrected chi connectivity index (χ3v) is 15.7. The Labute approximate surface area is 494 Å². The number of hydrogen-bond acceptors (Lipinski definition) is 5. The zero-order valence-corrected chi connectivity index (χ0v) is 45.4. The molecule has 14 aromatic rings. The first-order valence-corrected chi connectivity index (χ1v) is 27.3. The molecule has 0 amide bonds. The number of para-hydroxylation sites is 3. The zero-order valence-electron chi connectivity index (χ0n) is 45.4. The minimum absolute atomic E-state index is 0.224. The van der Waals surface area contributed by atoms with E-state index < -0.39 is 0 Å². The lowest BCUT2D eigenvalue weighted by atomic mass is 9.94. The highest BCUT2D eigenvalue weighted by molar-refractivity contribution is 6.13. The molecule has 14 rings (SSSR count). The van der Waals surface area contributed by atoms with Gasteiger partial charge in [0.25, 0.3) is 0 Å². The van der Waals surface area contributed by atoms with Crippen molar-refractivity contribution in [1.29, 1.82) is 10.5 Å². The second kappa shape index (κ2) is 21.1. The monoisotopic (exact) mass is 1090 g/mol. The molecule has 0 bridgehead atoms. The molecule has 0 aliphatic heterocycles. The van der Waals surface area contributed by atoms with Crippen LogP contribution >= 0.6 is 0 Å². The first kappa shape index (κ1) is 51.1. The maximum atomic E-state index is 10.4. The van der Waals surface area contributed by atoms with Crippen LogP contribution in [0.4, 0.5) is 22.7 Å². The van der Waals surface area contributed by atoms with Gasteiger partial charge >= 0.3 is 0 Å². The number of fused-ring (bicyclic) bond motifs is 6. The molecule has 11 heteroatoms. The molecule has 3 heterocycles. The van der Waals surface area contributed by atoms with Crippen LogP contribution in [-0.4, -0.2) is 24.1 Å². The van der Waals surface area contributed by atoms with E-state index in [1.54, 1.807) is 18.2 Å². The third-order valence-electron chi connectivity index (χ3n) is 15.7. The number of aromatic nitrogens is 5. The van der Waals surface area contributed by atoms with Crippen molar-refractivity contribution in [2.75, 3.05) is 0 Å². The van der Waals surface area contributed by atoms with E-state index in [9.17, 15) is 10.5 Å². The number of hydrogen-bond donors (Lipinski definition) is 0. The van der Waals surface area contributed by atoms with Gasteiger partial charge in [-0.25, -0.2) is 34.3 Å². The Kier molecular flexibility index (Phi) is 12.6. The topological polar surface area (TPSA) is 114 Å². The highest BCUT2D eigenvalue weighted by Crippen LogP contribution is 2.47. The summed E-state index contributed by atoms with van der Waals surface area (Å²) in [5.41, 5.74) is 15.3. The molecule has 86 heavy (non-hydrogen) atoms. The van der Waals surface area contributed by atoms with Crippen LogP contribution in [-0.2, 0) is 0 Å². The normalized spacial score (nSPS) is 11.0. The summed E-state index contributed by atoms with van der Waals surface area (Å²) in [6, 6.07) is 81.4. The molecule has 0 N–H and O–H groups in total. The molecule has 0 atom stereocenters. The van der Waals surface area contributed by atoms with Crippen molar-refractivity contribution in [3.63, 3.8) is 0 Å². The van der Waals surface area contributed by atoms with Crippen LogP contribution in [0.3, 0.4) is 0 Å². The van der Waals surface area contributed by atoms with Crippen molar-refractivity contribution in [2.24, 2.45) is 0 Å². The fraction of sp³-hybridized carbons (Fsp3) is 0. The fourth-order valence-electron chi connectivity index (χ4n) is 11.9. The SMILES string of the molecule is [C-]#[N+]c1cc(C#N)c(-c2ccc3c(c2)c2ccccc2n3-c2ccc(-c3nc(-c4ccccc4)nc(-c4ccccc4)n3)cc2-c2ccc(-n3c4ccccc4c4cc(-c5c(C#N)cccc5[N+]#[C-])ccc43)c(-c3ccccc3[N+]#[C-])c2)c([N+]#[C-])c1. The van der Waals surface area contributed by atoms with Gasteiger partial charge in [-0.05, 0) is 107 Å². The molecule has 11 aromatic carbocycles. The molecular weight excluding hydrogens is 1050 g/mol. The maximum Gasteiger partial charge on any atom is 0.196 e. The molecule has 0 spiro atoms. The van der Waals surface area contributed by atoms with Crippen LogP contribution < -0.4 is 0 Å². The number of nitrogens with zero attached hydrogens (tertiary/aromatic N) is 11. The number of benzene rings is 11. The molecule has 0 saturated carbocycles. The van der Waals surface area contributed by atoms with Crippen molar-refractivity contribution in [3.8, 4) is 102 Å². The van der Waals surface area contributed by atoms with Gasteiger partial charge in [-0.3, -0.25) is 0 Å². The lowest BCUT2D eigenvalue weighted by molar-refractivity contribution is 1.07. The van der Waals surface area contributed by atoms with Gasteiger partial charge in [-0.15, -0.1) is 0 Å². The lowest BCUT2D eigenvalue weighted by Crippen LogP contribution is -2.02. The Hall–Kier alpha value is -13.0. The third kappa shape index (κ3) is 8.52. The lowest BCUT2D eigenvalue weighted by Gasteiger charge is -2.20. The summed E-state index contributed by atoms with van der Waals surface area (Å²) in [4.78, 5) is 30.7. The molecule has 0 saturated heterocycles. The zero-order chi connectivity index (χ0) is 58.4. The summed E-state index contributed by atoms with van der Waals surface area (Å²) < 4.78 is 4.47. The summed E-state index contributed by atoms with van der Waals surface area (Å²) in [6.07, 6.45) is 0. The van der Waals surface area contributed by atoms with E-state index in [1.165, 1.54) is 12.1 Å². The van der Waals surface area contributed by atoms with Crippen LogP contribution in [0, 0.1) is 49.0 Å². The van der Waals surface area contributed by atoms with Crippen LogP contribution in [0.2, 0.25) is 0 Å². The van der Waals surface area contributed by atoms with Gasteiger partial charge in [0.05, 0.1) is 71.9 Å². The maximum absolute atomic E-state index is 10.4. The summed E-state index contributed by atoms with van der Waals surface area (Å²) >= 11 is 0. The Morgan fingerprint density at radius 1 is 0.314 bits per heavy atom. The first-order valence-electron chi connectivity index (χ1n) is 27.3. The molecule has 3 aromatic heterocycles. The largest absolute Gasteiger partial charge is 0.309 e. The first-order chi connectivity index (χ1) is 42.4. The van der Waals surface area contributed by atoms with Gasteiger partial charge in [0.2, 0.25) is 0 Å². The van der Waals surface area contributed by atoms with E-state index in [0.717, 1.165) is 99.5 Å². The summed E-state index contributed by atoms with van der Waals surface area (Å²) in [6.45, 7) is 32.4. The molecule has 394 valence electrons. The predicted molar refractivity (Wildman–Crippen MR) is 341 cm³/mol. The Balaban J connectivity index is 1.05. The van der Waals surface area contributed by atoms with Gasteiger partial charge in [0.15, 0.2) is 40.2 Å². The molecule has 0 radical (unpaired) electrons. The van der Waals surface area contributed by atoms with E-state index in [-0.39, 0.29) is 16.9 Å². The minimum atomic E-state index is 0.224. The van der Waals surface area contributed by atoms with E-state index in [1.807, 2.05) is 140 Å². The Morgan fingerprint density at radius 2 is 0.779 bits per heavy atom. The van der Waals surface area contributed by atoms with Crippen LogP contribution in [0.15, 0.2) is 237 Å². The van der Waals surface area contributed by atoms with Crippen molar-refractivity contribution in [2.45, 2.75) is 0 Å². The smallest absolute Gasteiger partial charge is 0.196 e. The van der Waals surface area contributed by atoms with Gasteiger partial charge in [0.1, 0.15) is 0 Å². The highest BCUT2D eigenvalue weighted by atomic mass is 15.0. The van der Waals surface area contributed by atoms with Gasteiger partial charge in [-0.1, -0.05) is 158 Å². The van der Waals surface area contributed by atoms with Crippen molar-refractivity contribution in [3.05, 3.63) is 293 Å². The van der Waals surface area contributed by atoms with Crippen molar-refractivity contribution >= 4 is 66.4 Å². The summed E-state index contributed by atoms with van der Waals surface area (Å²) in [7, 11) is 0. The van der Waals surface area contributed by atoms with E-state index in [2.05, 4.69) is 107 Å². The molecule has 0 fully saturated rings. The predicted octanol–water partition coefficient (Wildman–Crippen LogP) is 19.7. The van der Waals surface area contributed by atoms with Crippen LogP contribution in [0.1, 0.15) is 11.1 Å². The van der Waals surface area contributed by atoms with Crippen molar-refractivity contribution < 1.29 is 0 Å². The van der Waals surface area contributed by atoms with E-state index in [4.69, 9.17) is 41.2 Å². The summed E-state index contributed by atoms with van der Waals surface area (Å²) in [5.74, 6) is 1.50. The van der Waals surface area contributed by atoms with Crippen LogP contribution in [0.25, 0.3) is 153 Å². The second-order valence-electron chi connectivity index (χ2n) is 20.4. The number of rotatable bonds is 9. The average Bonchev–Trinajstić information content (AvgIpc) is 1.78. The average molecular weight is 1090 g/mol. The minimum Gasteiger partial charge on any atom is -0.309 e. The van der Waals surface area contributed by atoms with Gasteiger partial charge < -0.3 is 9.13 Å². The van der Waals surface area contributed by atoms with Gasteiger partial charge in [0, 0.05) is 66.1 Å². The van der Waals surface area contributed by atoms with Crippen molar-refractivity contribution in [1.82, 2.24) is 24.1 Å². The molecule has 0 unspecified atom stereocenters. The molecule has 0 aliphatic carbocycles. The van der Waals surface area contributed by atoms with E-state index >= 15 is 0 Å². The van der Waals surface area contributed by atoms with Crippen LogP contribution in [0.5, 0.6) is 0 Å². The Morgan fingerprint density at radius 3 is 1.35 bits per heavy atom. The second-order valence-corrected chi connectivity index (χ2v) is 20.4. The molecule has 11 nitrogen and oxygen atoms in total. The standard InChI is InChI=1S/C75H39N11/c1-78-54-38-53(45-77)72(64(43-54)81-4)50-32-36-69-61(41-50)56-24-12-15-28-65(56)85(69)67-37-33-51(75-83-73(46-18-7-5-8-19-46)82-74(84-75)47-20-9-6-10-21-47)42-58(67)48-30-34-68(59(39-48)55-23-11-14-26-62(55)79-2)86-66-29-16-13-25-57(66)60-40-49(31-35-70(60)86)71-52(44-76)22-17-27-63(71)80-3/h5-43H. The number of nitriles is 2. The van der Waals surface area contributed by atoms with Gasteiger partial charge in [-0.2, -0.15) is 10.5 Å². The fourth-order valence-corrected chi connectivity index (χ4v) is 11.9. The van der Waals surface area contributed by atoms with E-state index in [0.29, 0.717) is 51.1 Å². The Bertz CT molecular complexity index is 5310. The highest BCUT2D eigenvalue weighted by Gasteiger charge is 2.24. The quantitative estimate of drug-likeness (QED) is 0.134. The molecule has 0 aliphatic rings. The molecular formula is C75H39N11. The summed E-state index contributed by atoms with van der Waals surface area (Å²) in [5, 5.41) is 24.4.